The minimum atomic E-state index is 0.0792. The maximum absolute atomic E-state index is 5.61. The predicted octanol–water partition coefficient (Wildman–Crippen LogP) is 1.48. The normalized spacial score (nSPS) is 21.6. The molecule has 1 saturated heterocycles. The molecule has 16 heavy (non-hydrogen) atoms. The average Bonchev–Trinajstić information content (AvgIpc) is 2.62. The number of aromatic nitrogens is 3. The first-order chi connectivity index (χ1) is 7.68. The lowest BCUT2D eigenvalue weighted by molar-refractivity contribution is -0.0939. The maximum atomic E-state index is 5.61. The lowest BCUT2D eigenvalue weighted by Crippen LogP contribution is -2.32. The van der Waals surface area contributed by atoms with Crippen molar-refractivity contribution in [3.8, 4) is 0 Å². The van der Waals surface area contributed by atoms with Crippen LogP contribution in [0.2, 0.25) is 0 Å². The third-order valence-corrected chi connectivity index (χ3v) is 2.89. The smallest absolute Gasteiger partial charge is 0.195 e. The minimum Gasteiger partial charge on any atom is -0.376 e. The highest BCUT2D eigenvalue weighted by Crippen LogP contribution is 2.13. The van der Waals surface area contributed by atoms with E-state index in [4.69, 9.17) is 21.7 Å². The molecule has 0 amide bonds. The molecule has 6 heteroatoms. The van der Waals surface area contributed by atoms with E-state index in [0.29, 0.717) is 37.1 Å². The average molecular weight is 243 g/mol. The Morgan fingerprint density at radius 1 is 1.56 bits per heavy atom. The van der Waals surface area contributed by atoms with E-state index in [9.17, 15) is 0 Å². The fourth-order valence-corrected chi connectivity index (χ4v) is 2.01. The molecule has 1 aromatic rings. The first-order valence-electron chi connectivity index (χ1n) is 5.53. The van der Waals surface area contributed by atoms with Gasteiger partial charge in [-0.05, 0) is 12.2 Å². The van der Waals surface area contributed by atoms with Crippen molar-refractivity contribution < 1.29 is 9.47 Å². The summed E-state index contributed by atoms with van der Waals surface area (Å²) in [4.78, 5) is 0. The van der Waals surface area contributed by atoms with Gasteiger partial charge in [0.2, 0.25) is 0 Å². The lowest BCUT2D eigenvalue weighted by atomic mass is 10.2. The predicted molar refractivity (Wildman–Crippen MR) is 62.1 cm³/mol. The quantitative estimate of drug-likeness (QED) is 0.817. The summed E-state index contributed by atoms with van der Waals surface area (Å²) in [6.45, 7) is 6.88. The summed E-state index contributed by atoms with van der Waals surface area (Å²) in [6.07, 6.45) is 0.0792. The number of nitrogens with zero attached hydrogens (tertiary/aromatic N) is 2. The standard InChI is InChI=1S/C10H17N3O2S/c1-7(2)9-11-12-10(16)13(9)5-8-6-14-3-4-15-8/h7-8H,3-6H2,1-2H3,(H,12,16). The van der Waals surface area contributed by atoms with Crippen LogP contribution < -0.4 is 0 Å². The molecular weight excluding hydrogens is 226 g/mol. The van der Waals surface area contributed by atoms with Crippen LogP contribution in [0.5, 0.6) is 0 Å². The Labute approximate surface area is 99.8 Å². The summed E-state index contributed by atoms with van der Waals surface area (Å²) in [5.41, 5.74) is 0. The molecule has 1 unspecified atom stereocenters. The van der Waals surface area contributed by atoms with Crippen LogP contribution in [0.4, 0.5) is 0 Å². The molecule has 0 bridgehead atoms. The van der Waals surface area contributed by atoms with Gasteiger partial charge in [-0.2, -0.15) is 5.10 Å². The van der Waals surface area contributed by atoms with Gasteiger partial charge < -0.3 is 14.0 Å². The summed E-state index contributed by atoms with van der Waals surface area (Å²) in [7, 11) is 0. The molecule has 1 aliphatic rings. The summed E-state index contributed by atoms with van der Waals surface area (Å²) in [5, 5.41) is 7.06. The molecule has 1 aliphatic heterocycles. The largest absolute Gasteiger partial charge is 0.376 e. The molecular formula is C10H17N3O2S. The van der Waals surface area contributed by atoms with Crippen molar-refractivity contribution in [1.29, 1.82) is 0 Å². The van der Waals surface area contributed by atoms with Crippen molar-refractivity contribution in [2.24, 2.45) is 0 Å². The topological polar surface area (TPSA) is 52.1 Å². The van der Waals surface area contributed by atoms with Crippen LogP contribution in [0.1, 0.15) is 25.6 Å². The molecule has 2 heterocycles. The molecule has 0 saturated carbocycles. The summed E-state index contributed by atoms with van der Waals surface area (Å²) < 4.78 is 13.6. The zero-order valence-corrected chi connectivity index (χ0v) is 10.4. The number of H-pyrrole nitrogens is 1. The maximum Gasteiger partial charge on any atom is 0.195 e. The zero-order chi connectivity index (χ0) is 11.5. The highest BCUT2D eigenvalue weighted by molar-refractivity contribution is 7.71. The Balaban J connectivity index is 2.13. The van der Waals surface area contributed by atoms with Crippen LogP contribution in [0.3, 0.4) is 0 Å². The Bertz CT molecular complexity index is 393. The molecule has 5 nitrogen and oxygen atoms in total. The Morgan fingerprint density at radius 3 is 3.00 bits per heavy atom. The van der Waals surface area contributed by atoms with Gasteiger partial charge in [0.15, 0.2) is 4.77 Å². The molecule has 2 rings (SSSR count). The van der Waals surface area contributed by atoms with Gasteiger partial charge in [0, 0.05) is 5.92 Å². The van der Waals surface area contributed by atoms with E-state index in [1.54, 1.807) is 0 Å². The van der Waals surface area contributed by atoms with Gasteiger partial charge in [-0.3, -0.25) is 5.10 Å². The summed E-state index contributed by atoms with van der Waals surface area (Å²) in [6, 6.07) is 0. The van der Waals surface area contributed by atoms with Crippen molar-refractivity contribution in [3.05, 3.63) is 10.6 Å². The molecule has 1 atom stereocenters. The van der Waals surface area contributed by atoms with Crippen molar-refractivity contribution >= 4 is 12.2 Å². The monoisotopic (exact) mass is 243 g/mol. The molecule has 90 valence electrons. The zero-order valence-electron chi connectivity index (χ0n) is 9.60. The third kappa shape index (κ3) is 2.50. The lowest BCUT2D eigenvalue weighted by Gasteiger charge is -2.23. The molecule has 0 aliphatic carbocycles. The van der Waals surface area contributed by atoms with Gasteiger partial charge in [-0.15, -0.1) is 0 Å². The molecule has 0 radical (unpaired) electrons. The first kappa shape index (κ1) is 11.8. The first-order valence-corrected chi connectivity index (χ1v) is 5.93. The van der Waals surface area contributed by atoms with Gasteiger partial charge in [0.25, 0.3) is 0 Å². The molecule has 0 aromatic carbocycles. The molecule has 1 aromatic heterocycles. The van der Waals surface area contributed by atoms with Crippen molar-refractivity contribution in [2.75, 3.05) is 19.8 Å². The highest BCUT2D eigenvalue weighted by atomic mass is 32.1. The van der Waals surface area contributed by atoms with Gasteiger partial charge in [-0.25, -0.2) is 0 Å². The van der Waals surface area contributed by atoms with Crippen molar-refractivity contribution in [2.45, 2.75) is 32.4 Å². The van der Waals surface area contributed by atoms with E-state index < -0.39 is 0 Å². The number of hydrogen-bond acceptors (Lipinski definition) is 4. The number of hydrogen-bond donors (Lipinski definition) is 1. The van der Waals surface area contributed by atoms with E-state index in [2.05, 4.69) is 24.0 Å². The van der Waals surface area contributed by atoms with E-state index >= 15 is 0 Å². The van der Waals surface area contributed by atoms with Crippen LogP contribution in [-0.2, 0) is 16.0 Å². The second-order valence-electron chi connectivity index (χ2n) is 4.22. The van der Waals surface area contributed by atoms with Gasteiger partial charge in [0.05, 0.1) is 32.5 Å². The number of ether oxygens (including phenoxy) is 2. The SMILES string of the molecule is CC(C)c1n[nH]c(=S)n1CC1COCCO1. The Morgan fingerprint density at radius 2 is 2.38 bits per heavy atom. The Kier molecular flexibility index (Phi) is 3.73. The van der Waals surface area contributed by atoms with Gasteiger partial charge in [0.1, 0.15) is 5.82 Å². The van der Waals surface area contributed by atoms with Crippen LogP contribution in [-0.4, -0.2) is 40.7 Å². The van der Waals surface area contributed by atoms with E-state index in [-0.39, 0.29) is 6.10 Å². The van der Waals surface area contributed by atoms with E-state index in [1.807, 2.05) is 4.57 Å². The van der Waals surface area contributed by atoms with Crippen molar-refractivity contribution in [3.63, 3.8) is 0 Å². The highest BCUT2D eigenvalue weighted by Gasteiger charge is 2.18. The number of aromatic amines is 1. The minimum absolute atomic E-state index is 0.0792. The Hall–Kier alpha value is -0.720. The molecule has 1 fully saturated rings. The van der Waals surface area contributed by atoms with Crippen LogP contribution >= 0.6 is 12.2 Å². The molecule has 0 spiro atoms. The third-order valence-electron chi connectivity index (χ3n) is 2.58. The van der Waals surface area contributed by atoms with Crippen LogP contribution in [0.25, 0.3) is 0 Å². The second kappa shape index (κ2) is 5.07. The summed E-state index contributed by atoms with van der Waals surface area (Å²) in [5.74, 6) is 1.32. The fourth-order valence-electron chi connectivity index (χ4n) is 1.79. The fraction of sp³-hybridized carbons (Fsp3) is 0.800. The van der Waals surface area contributed by atoms with Crippen LogP contribution in [0, 0.1) is 4.77 Å². The van der Waals surface area contributed by atoms with Gasteiger partial charge in [-0.1, -0.05) is 13.8 Å². The number of rotatable bonds is 3. The number of nitrogens with one attached hydrogen (secondary N) is 1. The summed E-state index contributed by atoms with van der Waals surface area (Å²) >= 11 is 5.21. The van der Waals surface area contributed by atoms with Crippen LogP contribution in [0.15, 0.2) is 0 Å². The second-order valence-corrected chi connectivity index (χ2v) is 4.61. The van der Waals surface area contributed by atoms with Crippen molar-refractivity contribution in [1.82, 2.24) is 14.8 Å². The van der Waals surface area contributed by atoms with E-state index in [0.717, 1.165) is 5.82 Å². The molecule has 1 N–H and O–H groups in total. The van der Waals surface area contributed by atoms with Gasteiger partial charge >= 0.3 is 0 Å². The van der Waals surface area contributed by atoms with E-state index in [1.165, 1.54) is 0 Å².